The number of para-hydroxylation sites is 2. The average Bonchev–Trinajstić information content (AvgIpc) is 3.52. The molecule has 0 radical (unpaired) electrons. The predicted octanol–water partition coefficient (Wildman–Crippen LogP) is 9.16. The maximum Gasteiger partial charge on any atom is 0.573 e. The van der Waals surface area contributed by atoms with Gasteiger partial charge < -0.3 is 23.8 Å². The molecular formula is C33H26F3N2O5PS. The second-order valence-corrected chi connectivity index (χ2v) is 12.6. The predicted molar refractivity (Wildman–Crippen MR) is 166 cm³/mol. The third-order valence-corrected chi connectivity index (χ3v) is 9.16. The van der Waals surface area contributed by atoms with Gasteiger partial charge in [0.05, 0.1) is 6.04 Å². The SMILES string of the molecule is O=P(/N=C1/Cc2ccc(O)cc2C(c2cccs2)N1Cc1cccc(OC(F)(F)F)c1)(Oc1ccccc1)Oc1ccccc1. The van der Waals surface area contributed by atoms with Crippen molar-refractivity contribution in [2.75, 3.05) is 0 Å². The molecule has 6 rings (SSSR count). The minimum Gasteiger partial charge on any atom is -0.508 e. The van der Waals surface area contributed by atoms with Crippen molar-refractivity contribution < 1.29 is 36.6 Å². The number of thiophene rings is 1. The maximum atomic E-state index is 14.5. The molecule has 0 saturated carbocycles. The fourth-order valence-electron chi connectivity index (χ4n) is 5.08. The van der Waals surface area contributed by atoms with Crippen LogP contribution in [0, 0.1) is 0 Å². The van der Waals surface area contributed by atoms with E-state index in [1.165, 1.54) is 29.5 Å². The quantitative estimate of drug-likeness (QED) is 0.160. The third-order valence-electron chi connectivity index (χ3n) is 6.88. The standard InChI is InChI=1S/C33H26F3N2O5PS/c34-33(35,36)41-28-14-7-9-23(19-28)22-38-31(20-24-16-17-25(39)21-29(24)32(38)30-15-8-18-45-30)37-44(40,42-26-10-3-1-4-11-26)43-27-12-5-2-6-13-27/h1-19,21,32,39H,20,22H2/b37-31-. The lowest BCUT2D eigenvalue weighted by atomic mass is 9.90. The first-order valence-corrected chi connectivity index (χ1v) is 16.2. The summed E-state index contributed by atoms with van der Waals surface area (Å²) in [6.45, 7) is 0.0578. The first-order chi connectivity index (χ1) is 21.6. The van der Waals surface area contributed by atoms with Gasteiger partial charge in [0.2, 0.25) is 0 Å². The lowest BCUT2D eigenvalue weighted by Gasteiger charge is -2.39. The first-order valence-electron chi connectivity index (χ1n) is 13.8. The van der Waals surface area contributed by atoms with Gasteiger partial charge in [-0.05, 0) is 76.7 Å². The number of benzene rings is 4. The number of hydrogen-bond donors (Lipinski definition) is 1. The monoisotopic (exact) mass is 650 g/mol. The van der Waals surface area contributed by atoms with E-state index >= 15 is 0 Å². The molecule has 0 aliphatic carbocycles. The van der Waals surface area contributed by atoms with Crippen LogP contribution in [0.25, 0.3) is 0 Å². The molecule has 0 bridgehead atoms. The summed E-state index contributed by atoms with van der Waals surface area (Å²) in [4.78, 5) is 2.72. The van der Waals surface area contributed by atoms with Crippen LogP contribution in [0.15, 0.2) is 125 Å². The van der Waals surface area contributed by atoms with Crippen molar-refractivity contribution in [2.24, 2.45) is 4.76 Å². The molecule has 1 unspecified atom stereocenters. The first kappa shape index (κ1) is 30.3. The average molecular weight is 651 g/mol. The Morgan fingerprint density at radius 1 is 0.844 bits per heavy atom. The molecule has 0 amide bonds. The molecule has 1 aliphatic rings. The van der Waals surface area contributed by atoms with Gasteiger partial charge in [-0.2, -0.15) is 0 Å². The minimum absolute atomic E-state index is 0.0571. The van der Waals surface area contributed by atoms with Crippen molar-refractivity contribution in [2.45, 2.75) is 25.4 Å². The molecule has 7 nitrogen and oxygen atoms in total. The highest BCUT2D eigenvalue weighted by atomic mass is 32.1. The number of amidine groups is 1. The van der Waals surface area contributed by atoms with Crippen molar-refractivity contribution in [3.05, 3.63) is 142 Å². The number of fused-ring (bicyclic) bond motifs is 1. The molecule has 4 aromatic carbocycles. The van der Waals surface area contributed by atoms with E-state index in [1.54, 1.807) is 84.9 Å². The molecule has 0 saturated heterocycles. The normalized spacial score (nSPS) is 15.8. The van der Waals surface area contributed by atoms with Gasteiger partial charge >= 0.3 is 14.1 Å². The number of aromatic hydroxyl groups is 1. The molecule has 45 heavy (non-hydrogen) atoms. The topological polar surface area (TPSA) is 80.6 Å². The highest BCUT2D eigenvalue weighted by Gasteiger charge is 2.38. The van der Waals surface area contributed by atoms with Gasteiger partial charge in [-0.15, -0.1) is 29.3 Å². The van der Waals surface area contributed by atoms with Crippen LogP contribution in [0.1, 0.15) is 27.6 Å². The third kappa shape index (κ3) is 7.50. The van der Waals surface area contributed by atoms with Crippen molar-refractivity contribution in [3.63, 3.8) is 0 Å². The number of phenols is 1. The van der Waals surface area contributed by atoms with Crippen molar-refractivity contribution >= 4 is 24.9 Å². The number of rotatable bonds is 9. The molecule has 5 aromatic rings. The van der Waals surface area contributed by atoms with Crippen LogP contribution in [-0.4, -0.2) is 22.2 Å². The maximum absolute atomic E-state index is 14.5. The molecule has 0 fully saturated rings. The summed E-state index contributed by atoms with van der Waals surface area (Å²) in [6, 6.07) is 31.0. The van der Waals surface area contributed by atoms with Crippen LogP contribution < -0.4 is 13.8 Å². The summed E-state index contributed by atoms with van der Waals surface area (Å²) in [5, 5.41) is 12.4. The van der Waals surface area contributed by atoms with E-state index in [2.05, 4.69) is 9.50 Å². The van der Waals surface area contributed by atoms with E-state index in [0.717, 1.165) is 16.0 Å². The molecule has 2 heterocycles. The van der Waals surface area contributed by atoms with E-state index in [9.17, 15) is 22.8 Å². The zero-order valence-electron chi connectivity index (χ0n) is 23.5. The molecule has 1 aromatic heterocycles. The summed E-state index contributed by atoms with van der Waals surface area (Å²) in [5.74, 6) is 0.568. The Kier molecular flexibility index (Phi) is 8.56. The second kappa shape index (κ2) is 12.7. The van der Waals surface area contributed by atoms with Crippen molar-refractivity contribution in [1.29, 1.82) is 0 Å². The van der Waals surface area contributed by atoms with Gasteiger partial charge in [0.25, 0.3) is 0 Å². The molecular weight excluding hydrogens is 624 g/mol. The lowest BCUT2D eigenvalue weighted by molar-refractivity contribution is -0.274. The number of nitrogens with zero attached hydrogens (tertiary/aromatic N) is 2. The number of ether oxygens (including phenoxy) is 1. The van der Waals surface area contributed by atoms with Crippen LogP contribution >= 0.6 is 19.1 Å². The summed E-state index contributed by atoms with van der Waals surface area (Å²) in [5.41, 5.74) is 2.08. The van der Waals surface area contributed by atoms with E-state index in [-0.39, 0.29) is 36.0 Å². The van der Waals surface area contributed by atoms with E-state index in [4.69, 9.17) is 9.05 Å². The second-order valence-electron chi connectivity index (χ2n) is 10.1. The Bertz CT molecular complexity index is 1790. The number of halogens is 3. The molecule has 230 valence electrons. The molecule has 1 aliphatic heterocycles. The van der Waals surface area contributed by atoms with E-state index in [0.29, 0.717) is 11.4 Å². The van der Waals surface area contributed by atoms with E-state index in [1.807, 2.05) is 22.4 Å². The largest absolute Gasteiger partial charge is 0.573 e. The van der Waals surface area contributed by atoms with Crippen LogP contribution in [0.5, 0.6) is 23.0 Å². The van der Waals surface area contributed by atoms with Gasteiger partial charge in [0, 0.05) is 17.8 Å². The lowest BCUT2D eigenvalue weighted by Crippen LogP contribution is -2.40. The smallest absolute Gasteiger partial charge is 0.508 e. The highest BCUT2D eigenvalue weighted by molar-refractivity contribution is 7.53. The Balaban J connectivity index is 1.49. The van der Waals surface area contributed by atoms with Gasteiger partial charge in [-0.1, -0.05) is 60.7 Å². The molecule has 12 heteroatoms. The zero-order chi connectivity index (χ0) is 31.4. The number of hydrogen-bond acceptors (Lipinski definition) is 6. The number of phenolic OH excluding ortho intramolecular Hbond substituents is 1. The Hall–Kier alpha value is -4.73. The van der Waals surface area contributed by atoms with E-state index < -0.39 is 20.2 Å². The van der Waals surface area contributed by atoms with Crippen LogP contribution in [0.4, 0.5) is 13.2 Å². The highest BCUT2D eigenvalue weighted by Crippen LogP contribution is 2.52. The van der Waals surface area contributed by atoms with Crippen molar-refractivity contribution in [1.82, 2.24) is 4.90 Å². The number of alkyl halides is 3. The van der Waals surface area contributed by atoms with Crippen LogP contribution in [0.2, 0.25) is 0 Å². The fraction of sp³-hybridized carbons (Fsp3) is 0.121. The minimum atomic E-state index is -4.86. The van der Waals surface area contributed by atoms with Gasteiger partial charge in [-0.25, -0.2) is 4.57 Å². The molecule has 1 N–H and O–H groups in total. The summed E-state index contributed by atoms with van der Waals surface area (Å²) in [7, 11) is -4.31. The fourth-order valence-corrected chi connectivity index (χ4v) is 7.30. The van der Waals surface area contributed by atoms with Gasteiger partial charge in [0.15, 0.2) is 0 Å². The van der Waals surface area contributed by atoms with Gasteiger partial charge in [0.1, 0.15) is 28.8 Å². The Morgan fingerprint density at radius 3 is 2.13 bits per heavy atom. The zero-order valence-corrected chi connectivity index (χ0v) is 25.2. The van der Waals surface area contributed by atoms with Gasteiger partial charge in [-0.3, -0.25) is 0 Å². The summed E-state index contributed by atoms with van der Waals surface area (Å²) >= 11 is 1.47. The summed E-state index contributed by atoms with van der Waals surface area (Å²) in [6.07, 6.45) is -4.68. The Labute approximate surface area is 261 Å². The van der Waals surface area contributed by atoms with Crippen molar-refractivity contribution in [3.8, 4) is 23.0 Å². The molecule has 1 atom stereocenters. The molecule has 0 spiro atoms. The Morgan fingerprint density at radius 2 is 1.51 bits per heavy atom. The van der Waals surface area contributed by atoms with Crippen LogP contribution in [0.3, 0.4) is 0 Å². The summed E-state index contributed by atoms with van der Waals surface area (Å²) < 4.78 is 74.5. The van der Waals surface area contributed by atoms with Crippen LogP contribution in [-0.2, 0) is 17.5 Å².